The first-order valence-corrected chi connectivity index (χ1v) is 15.7. The van der Waals surface area contributed by atoms with E-state index < -0.39 is 33.4 Å². The molecule has 40 heavy (non-hydrogen) atoms. The maximum atomic E-state index is 13.1. The van der Waals surface area contributed by atoms with E-state index in [0.29, 0.717) is 15.5 Å². The van der Waals surface area contributed by atoms with Crippen LogP contribution in [0, 0.1) is 3.57 Å². The monoisotopic (exact) mass is 683 g/mol. The number of aromatic nitrogens is 2. The van der Waals surface area contributed by atoms with Gasteiger partial charge in [-0.05, 0) is 101 Å². The molecule has 3 aromatic rings. The fourth-order valence-electron chi connectivity index (χ4n) is 4.20. The van der Waals surface area contributed by atoms with Crippen LogP contribution in [0.25, 0.3) is 22.2 Å². The number of carbonyl (C=O) groups is 2. The summed E-state index contributed by atoms with van der Waals surface area (Å²) in [6.45, 7) is 10.4. The maximum absolute atomic E-state index is 13.1. The molecular weight excluding hydrogens is 649 g/mol. The minimum atomic E-state index is -4.09. The van der Waals surface area contributed by atoms with Crippen LogP contribution in [-0.4, -0.2) is 54.7 Å². The molecule has 1 aliphatic carbocycles. The van der Waals surface area contributed by atoms with Gasteiger partial charge in [-0.15, -0.1) is 0 Å². The minimum Gasteiger partial charge on any atom is -0.495 e. The Bertz CT molecular complexity index is 1600. The van der Waals surface area contributed by atoms with Crippen molar-refractivity contribution in [1.82, 2.24) is 9.55 Å². The summed E-state index contributed by atoms with van der Waals surface area (Å²) in [7, 11) is -2.69. The third-order valence-electron chi connectivity index (χ3n) is 5.91. The summed E-state index contributed by atoms with van der Waals surface area (Å²) in [4.78, 5) is 31.0. The van der Waals surface area contributed by atoms with E-state index in [2.05, 4.69) is 22.6 Å². The van der Waals surface area contributed by atoms with Gasteiger partial charge < -0.3 is 14.2 Å². The Balaban J connectivity index is 1.91. The molecule has 0 unspecified atom stereocenters. The summed E-state index contributed by atoms with van der Waals surface area (Å²) >= 11 is 2.15. The maximum Gasteiger partial charge on any atom is 0.429 e. The van der Waals surface area contributed by atoms with Crippen LogP contribution in [0.4, 0.5) is 15.3 Å². The largest absolute Gasteiger partial charge is 0.495 e. The molecule has 1 saturated carbocycles. The first-order valence-electron chi connectivity index (χ1n) is 12.8. The van der Waals surface area contributed by atoms with E-state index in [1.54, 1.807) is 65.9 Å². The van der Waals surface area contributed by atoms with Gasteiger partial charge >= 0.3 is 12.2 Å². The summed E-state index contributed by atoms with van der Waals surface area (Å²) in [6.07, 6.45) is 2.95. The molecular formula is C28H34IN3O7S. The summed E-state index contributed by atoms with van der Waals surface area (Å²) in [5, 5.41) is 0.746. The number of rotatable bonds is 5. The van der Waals surface area contributed by atoms with Crippen molar-refractivity contribution in [3.8, 4) is 16.9 Å². The van der Waals surface area contributed by atoms with Gasteiger partial charge in [0.05, 0.1) is 19.1 Å². The Labute approximate surface area is 248 Å². The van der Waals surface area contributed by atoms with E-state index in [9.17, 15) is 18.0 Å². The molecule has 0 radical (unpaired) electrons. The second-order valence-electron chi connectivity index (χ2n) is 11.8. The average molecular weight is 684 g/mol. The SMILES string of the molecule is COc1ccc(-c2cc3c(I)cn(C(=O)OC(C)(C)C)c3nc2C2CC2)cc1N(C(=O)OC(C)(C)C)S(C)(=O)=O. The lowest BCUT2D eigenvalue weighted by molar-refractivity contribution is 0.0541. The summed E-state index contributed by atoms with van der Waals surface area (Å²) in [6, 6.07) is 6.95. The van der Waals surface area contributed by atoms with Gasteiger partial charge in [0.15, 0.2) is 5.65 Å². The van der Waals surface area contributed by atoms with Crippen LogP contribution in [0.1, 0.15) is 66.0 Å². The Morgan fingerprint density at radius 3 is 2.20 bits per heavy atom. The van der Waals surface area contributed by atoms with Gasteiger partial charge in [-0.1, -0.05) is 6.07 Å². The van der Waals surface area contributed by atoms with Gasteiger partial charge in [-0.3, -0.25) is 0 Å². The van der Waals surface area contributed by atoms with Gasteiger partial charge in [0.1, 0.15) is 22.6 Å². The molecule has 2 heterocycles. The number of hydrogen-bond donors (Lipinski definition) is 0. The Morgan fingerprint density at radius 2 is 1.68 bits per heavy atom. The molecule has 0 spiro atoms. The average Bonchev–Trinajstić information content (AvgIpc) is 3.59. The van der Waals surface area contributed by atoms with Crippen molar-refractivity contribution < 1.29 is 32.2 Å². The molecule has 0 N–H and O–H groups in total. The molecule has 1 aromatic carbocycles. The van der Waals surface area contributed by atoms with Crippen LogP contribution < -0.4 is 9.04 Å². The highest BCUT2D eigenvalue weighted by atomic mass is 127. The number of pyridine rings is 1. The standard InChI is InChI=1S/C28H34IN3O7S/c1-27(2,3)38-25(33)31-15-20(29)19-14-18(23(16-9-10-16)30-24(19)31)17-11-12-22(37-7)21(13-17)32(40(8,35)36)26(34)39-28(4,5)6/h11-16H,9-10H2,1-8H3. The highest BCUT2D eigenvalue weighted by molar-refractivity contribution is 14.1. The molecule has 0 aliphatic heterocycles. The number of sulfonamides is 1. The third-order valence-corrected chi connectivity index (χ3v) is 7.78. The van der Waals surface area contributed by atoms with Crippen LogP contribution in [0.2, 0.25) is 0 Å². The van der Waals surface area contributed by atoms with Crippen LogP contribution in [0.3, 0.4) is 0 Å². The van der Waals surface area contributed by atoms with Crippen LogP contribution in [-0.2, 0) is 19.5 Å². The van der Waals surface area contributed by atoms with Crippen molar-refractivity contribution in [3.63, 3.8) is 0 Å². The van der Waals surface area contributed by atoms with Gasteiger partial charge in [-0.2, -0.15) is 4.31 Å². The number of amides is 1. The van der Waals surface area contributed by atoms with Crippen LogP contribution in [0.15, 0.2) is 30.5 Å². The van der Waals surface area contributed by atoms with Gasteiger partial charge in [0, 0.05) is 26.6 Å². The number of halogens is 1. The number of hydrogen-bond acceptors (Lipinski definition) is 8. The van der Waals surface area contributed by atoms with Gasteiger partial charge in [0.2, 0.25) is 10.0 Å². The molecule has 0 bridgehead atoms. The van der Waals surface area contributed by atoms with E-state index in [0.717, 1.165) is 39.3 Å². The van der Waals surface area contributed by atoms with Crippen LogP contribution >= 0.6 is 22.6 Å². The van der Waals surface area contributed by atoms with E-state index in [4.69, 9.17) is 19.2 Å². The first-order chi connectivity index (χ1) is 18.4. The molecule has 1 fully saturated rings. The highest BCUT2D eigenvalue weighted by Gasteiger charge is 2.34. The molecule has 1 amide bonds. The smallest absolute Gasteiger partial charge is 0.429 e. The third kappa shape index (κ3) is 6.54. The summed E-state index contributed by atoms with van der Waals surface area (Å²) in [5.41, 5.74) is 1.13. The number of benzene rings is 1. The van der Waals surface area contributed by atoms with Crippen molar-refractivity contribution in [2.75, 3.05) is 17.7 Å². The van der Waals surface area contributed by atoms with Crippen molar-refractivity contribution in [2.45, 2.75) is 71.5 Å². The fraction of sp³-hybridized carbons (Fsp3) is 0.464. The minimum absolute atomic E-state index is 0.0274. The predicted molar refractivity (Wildman–Crippen MR) is 162 cm³/mol. The molecule has 12 heteroatoms. The Hall–Kier alpha value is -2.87. The predicted octanol–water partition coefficient (Wildman–Crippen LogP) is 6.68. The second-order valence-corrected chi connectivity index (χ2v) is 14.8. The number of methoxy groups -OCH3 is 1. The van der Waals surface area contributed by atoms with Crippen molar-refractivity contribution in [3.05, 3.63) is 39.7 Å². The molecule has 2 aromatic heterocycles. The highest BCUT2D eigenvalue weighted by Crippen LogP contribution is 2.46. The lowest BCUT2D eigenvalue weighted by atomic mass is 9.99. The molecule has 0 saturated heterocycles. The topological polar surface area (TPSA) is 117 Å². The number of anilines is 1. The van der Waals surface area contributed by atoms with Crippen molar-refractivity contribution in [2.24, 2.45) is 0 Å². The number of carbonyl (C=O) groups excluding carboxylic acids is 2. The van der Waals surface area contributed by atoms with E-state index >= 15 is 0 Å². The lowest BCUT2D eigenvalue weighted by Crippen LogP contribution is -2.40. The molecule has 216 valence electrons. The first kappa shape index (κ1) is 30.1. The van der Waals surface area contributed by atoms with Gasteiger partial charge in [-0.25, -0.2) is 27.6 Å². The molecule has 4 rings (SSSR count). The van der Waals surface area contributed by atoms with Crippen molar-refractivity contribution in [1.29, 1.82) is 0 Å². The zero-order valence-corrected chi connectivity index (χ0v) is 26.8. The Morgan fingerprint density at radius 1 is 1.05 bits per heavy atom. The van der Waals surface area contributed by atoms with Gasteiger partial charge in [0.25, 0.3) is 0 Å². The fourth-order valence-corrected chi connectivity index (χ4v) is 5.69. The van der Waals surface area contributed by atoms with E-state index in [-0.39, 0.29) is 17.4 Å². The molecule has 10 nitrogen and oxygen atoms in total. The molecule has 1 aliphatic rings. The number of ether oxygens (including phenoxy) is 3. The van der Waals surface area contributed by atoms with E-state index in [1.807, 2.05) is 6.07 Å². The summed E-state index contributed by atoms with van der Waals surface area (Å²) < 4.78 is 45.0. The zero-order valence-electron chi connectivity index (χ0n) is 23.9. The zero-order chi connectivity index (χ0) is 29.8. The van der Waals surface area contributed by atoms with Crippen LogP contribution in [0.5, 0.6) is 5.75 Å². The lowest BCUT2D eigenvalue weighted by Gasteiger charge is -2.27. The molecule has 0 atom stereocenters. The quantitative estimate of drug-likeness (QED) is 0.274. The normalized spacial score (nSPS) is 14.2. The van der Waals surface area contributed by atoms with Crippen molar-refractivity contribution >= 4 is 61.5 Å². The second kappa shape index (κ2) is 10.5. The summed E-state index contributed by atoms with van der Waals surface area (Å²) in [5.74, 6) is 0.370. The Kier molecular flexibility index (Phi) is 7.91. The number of nitrogens with zero attached hydrogens (tertiary/aromatic N) is 3. The van der Waals surface area contributed by atoms with E-state index in [1.165, 1.54) is 11.7 Å². The number of fused-ring (bicyclic) bond motifs is 1.